The van der Waals surface area contributed by atoms with Crippen LogP contribution in [0.25, 0.3) is 0 Å². The lowest BCUT2D eigenvalue weighted by atomic mass is 10.1. The molecule has 0 saturated heterocycles. The van der Waals surface area contributed by atoms with Gasteiger partial charge in [0.25, 0.3) is 0 Å². The number of hydrogen-bond acceptors (Lipinski definition) is 5. The maximum atomic E-state index is 9.48. The van der Waals surface area contributed by atoms with Gasteiger partial charge in [0, 0.05) is 19.2 Å². The maximum Gasteiger partial charge on any atom is 0.414 e. The van der Waals surface area contributed by atoms with Crippen molar-refractivity contribution in [3.8, 4) is 0 Å². The van der Waals surface area contributed by atoms with E-state index in [4.69, 9.17) is 24.5 Å². The van der Waals surface area contributed by atoms with Crippen molar-refractivity contribution in [2.45, 2.75) is 46.3 Å². The molecule has 0 heterocycles. The number of carboxylic acid groups (broad SMARTS) is 2. The Bertz CT molecular complexity index is 256. The zero-order valence-electron chi connectivity index (χ0n) is 12.6. The summed E-state index contributed by atoms with van der Waals surface area (Å²) in [5.74, 6) is -2.98. The zero-order valence-corrected chi connectivity index (χ0v) is 12.6. The summed E-state index contributed by atoms with van der Waals surface area (Å²) in [5, 5.41) is 27.4. The molecule has 0 spiro atoms. The van der Waals surface area contributed by atoms with Gasteiger partial charge in [-0.05, 0) is 12.3 Å². The van der Waals surface area contributed by atoms with E-state index in [9.17, 15) is 5.11 Å². The normalized spacial score (nSPS) is 11.9. The van der Waals surface area contributed by atoms with Crippen LogP contribution in [0.5, 0.6) is 0 Å². The van der Waals surface area contributed by atoms with Crippen molar-refractivity contribution in [1.82, 2.24) is 5.32 Å². The summed E-state index contributed by atoms with van der Waals surface area (Å²) in [6.45, 7) is 10.3. The van der Waals surface area contributed by atoms with Gasteiger partial charge in [-0.15, -0.1) is 0 Å². The SMILES string of the molecule is CC(C)CCOCC(O)CNC(C)C.O=C(O)C(=O)O. The van der Waals surface area contributed by atoms with Crippen LogP contribution in [0.4, 0.5) is 0 Å². The van der Waals surface area contributed by atoms with Crippen molar-refractivity contribution in [3.05, 3.63) is 0 Å². The predicted molar refractivity (Wildman–Crippen MR) is 74.7 cm³/mol. The molecule has 0 aliphatic carbocycles. The standard InChI is InChI=1S/C11H25NO2.C2H2O4/c1-9(2)5-6-14-8-11(13)7-12-10(3)4;3-1(4)2(5)6/h9-13H,5-8H2,1-4H3;(H,3,4)(H,5,6). The lowest BCUT2D eigenvalue weighted by Crippen LogP contribution is -2.34. The second-order valence-corrected chi connectivity index (χ2v) is 5.08. The Hall–Kier alpha value is -1.18. The number of rotatable bonds is 8. The van der Waals surface area contributed by atoms with Gasteiger partial charge >= 0.3 is 11.9 Å². The molecule has 0 saturated carbocycles. The summed E-state index contributed by atoms with van der Waals surface area (Å²) in [6, 6.07) is 0.417. The lowest BCUT2D eigenvalue weighted by Gasteiger charge is -2.14. The smallest absolute Gasteiger partial charge is 0.414 e. The molecule has 0 aliphatic heterocycles. The Labute approximate surface area is 119 Å². The van der Waals surface area contributed by atoms with Gasteiger partial charge in [-0.2, -0.15) is 0 Å². The first kappa shape index (κ1) is 21.1. The molecule has 1 unspecified atom stereocenters. The summed E-state index contributed by atoms with van der Waals surface area (Å²) in [6.07, 6.45) is 0.675. The van der Waals surface area contributed by atoms with E-state index in [1.807, 2.05) is 0 Å². The Balaban J connectivity index is 0. The van der Waals surface area contributed by atoms with Crippen molar-refractivity contribution < 1.29 is 29.6 Å². The number of carbonyl (C=O) groups is 2. The number of aliphatic hydroxyl groups excluding tert-OH is 1. The highest BCUT2D eigenvalue weighted by atomic mass is 16.5. The first-order valence-electron chi connectivity index (χ1n) is 6.62. The van der Waals surface area contributed by atoms with Gasteiger partial charge < -0.3 is 25.4 Å². The Kier molecular flexibility index (Phi) is 13.6. The third-order valence-corrected chi connectivity index (χ3v) is 2.09. The van der Waals surface area contributed by atoms with Crippen LogP contribution in [0.15, 0.2) is 0 Å². The highest BCUT2D eigenvalue weighted by Crippen LogP contribution is 1.99. The predicted octanol–water partition coefficient (Wildman–Crippen LogP) is 0.564. The van der Waals surface area contributed by atoms with Gasteiger partial charge in [-0.25, -0.2) is 9.59 Å². The van der Waals surface area contributed by atoms with E-state index in [0.717, 1.165) is 13.0 Å². The average molecular weight is 293 g/mol. The molecule has 0 bridgehead atoms. The van der Waals surface area contributed by atoms with Crippen molar-refractivity contribution in [2.24, 2.45) is 5.92 Å². The number of aliphatic hydroxyl groups is 1. The second-order valence-electron chi connectivity index (χ2n) is 5.08. The fraction of sp³-hybridized carbons (Fsp3) is 0.846. The van der Waals surface area contributed by atoms with Crippen LogP contribution in [0.2, 0.25) is 0 Å². The minimum Gasteiger partial charge on any atom is -0.473 e. The van der Waals surface area contributed by atoms with Gasteiger partial charge in [0.05, 0.1) is 12.7 Å². The highest BCUT2D eigenvalue weighted by Gasteiger charge is 2.05. The van der Waals surface area contributed by atoms with Gasteiger partial charge in [-0.3, -0.25) is 0 Å². The molecule has 0 aromatic heterocycles. The molecule has 1 atom stereocenters. The number of carboxylic acids is 2. The first-order valence-corrected chi connectivity index (χ1v) is 6.62. The minimum atomic E-state index is -1.82. The quantitative estimate of drug-likeness (QED) is 0.382. The van der Waals surface area contributed by atoms with E-state index in [1.54, 1.807) is 0 Å². The molecule has 0 aromatic rings. The van der Waals surface area contributed by atoms with E-state index < -0.39 is 11.9 Å². The van der Waals surface area contributed by atoms with Crippen LogP contribution in [0.3, 0.4) is 0 Å². The van der Waals surface area contributed by atoms with Gasteiger partial charge in [-0.1, -0.05) is 27.7 Å². The number of ether oxygens (including phenoxy) is 1. The first-order chi connectivity index (χ1) is 9.16. The Morgan fingerprint density at radius 2 is 1.60 bits per heavy atom. The van der Waals surface area contributed by atoms with Crippen molar-refractivity contribution in [2.75, 3.05) is 19.8 Å². The van der Waals surface area contributed by atoms with E-state index >= 15 is 0 Å². The molecule has 0 aromatic carbocycles. The van der Waals surface area contributed by atoms with E-state index in [-0.39, 0.29) is 6.10 Å². The summed E-state index contributed by atoms with van der Waals surface area (Å²) in [5.41, 5.74) is 0. The fourth-order valence-electron chi connectivity index (χ4n) is 0.969. The zero-order chi connectivity index (χ0) is 16.1. The molecule has 0 fully saturated rings. The lowest BCUT2D eigenvalue weighted by molar-refractivity contribution is -0.159. The maximum absolute atomic E-state index is 9.48. The molecule has 20 heavy (non-hydrogen) atoms. The van der Waals surface area contributed by atoms with E-state index in [2.05, 4.69) is 33.0 Å². The van der Waals surface area contributed by atoms with Gasteiger partial charge in [0.2, 0.25) is 0 Å². The van der Waals surface area contributed by atoms with Crippen molar-refractivity contribution in [3.63, 3.8) is 0 Å². The van der Waals surface area contributed by atoms with E-state index in [0.29, 0.717) is 25.1 Å². The monoisotopic (exact) mass is 293 g/mol. The van der Waals surface area contributed by atoms with Crippen LogP contribution in [-0.2, 0) is 14.3 Å². The van der Waals surface area contributed by atoms with Crippen LogP contribution in [0, 0.1) is 5.92 Å². The molecule has 0 radical (unpaired) electrons. The third-order valence-electron chi connectivity index (χ3n) is 2.09. The topological polar surface area (TPSA) is 116 Å². The molecule has 120 valence electrons. The van der Waals surface area contributed by atoms with Crippen LogP contribution in [-0.4, -0.2) is 59.2 Å². The molecule has 4 N–H and O–H groups in total. The molecular formula is C13H27NO6. The van der Waals surface area contributed by atoms with Crippen LogP contribution < -0.4 is 5.32 Å². The number of aliphatic carboxylic acids is 2. The summed E-state index contributed by atoms with van der Waals surface area (Å²) in [7, 11) is 0. The van der Waals surface area contributed by atoms with Crippen molar-refractivity contribution in [1.29, 1.82) is 0 Å². The summed E-state index contributed by atoms with van der Waals surface area (Å²) in [4.78, 5) is 18.2. The van der Waals surface area contributed by atoms with Crippen LogP contribution in [0.1, 0.15) is 34.1 Å². The molecule has 0 aliphatic rings. The molecule has 0 amide bonds. The van der Waals surface area contributed by atoms with E-state index in [1.165, 1.54) is 0 Å². The average Bonchev–Trinajstić information content (AvgIpc) is 2.32. The molecule has 7 heteroatoms. The third kappa shape index (κ3) is 19.2. The largest absolute Gasteiger partial charge is 0.473 e. The number of hydrogen-bond donors (Lipinski definition) is 4. The highest BCUT2D eigenvalue weighted by molar-refractivity contribution is 6.27. The van der Waals surface area contributed by atoms with Crippen molar-refractivity contribution >= 4 is 11.9 Å². The fourth-order valence-corrected chi connectivity index (χ4v) is 0.969. The number of nitrogens with one attached hydrogen (secondary N) is 1. The summed E-state index contributed by atoms with van der Waals surface area (Å²) < 4.78 is 5.35. The van der Waals surface area contributed by atoms with Gasteiger partial charge in [0.1, 0.15) is 0 Å². The van der Waals surface area contributed by atoms with Gasteiger partial charge in [0.15, 0.2) is 0 Å². The molecule has 7 nitrogen and oxygen atoms in total. The van der Waals surface area contributed by atoms with Crippen LogP contribution >= 0.6 is 0 Å². The molecular weight excluding hydrogens is 266 g/mol. The molecule has 0 rings (SSSR count). The summed E-state index contributed by atoms with van der Waals surface area (Å²) >= 11 is 0. The second kappa shape index (κ2) is 12.8. The minimum absolute atomic E-state index is 0.385. The Morgan fingerprint density at radius 1 is 1.10 bits per heavy atom. The Morgan fingerprint density at radius 3 is 1.95 bits per heavy atom.